The first-order valence-electron chi connectivity index (χ1n) is 8.89. The van der Waals surface area contributed by atoms with Crippen molar-refractivity contribution in [3.05, 3.63) is 15.6 Å². The van der Waals surface area contributed by atoms with Gasteiger partial charge in [-0.15, -0.1) is 11.3 Å². The van der Waals surface area contributed by atoms with E-state index in [2.05, 4.69) is 15.6 Å². The fourth-order valence-corrected chi connectivity index (χ4v) is 3.78. The predicted molar refractivity (Wildman–Crippen MR) is 97.2 cm³/mol. The number of nitrogens with one attached hydrogen (secondary N) is 2. The third kappa shape index (κ3) is 5.89. The number of aryl methyl sites for hydroxylation is 2. The Bertz CT molecular complexity index is 552. The molecule has 0 aromatic carbocycles. The minimum atomic E-state index is -0.380. The number of nitrogens with zero attached hydrogens (tertiary/aromatic N) is 1. The Morgan fingerprint density at radius 3 is 2.58 bits per heavy atom. The zero-order valence-electron chi connectivity index (χ0n) is 15.0. The van der Waals surface area contributed by atoms with Gasteiger partial charge >= 0.3 is 0 Å². The molecule has 2 amide bonds. The van der Waals surface area contributed by atoms with Crippen molar-refractivity contribution in [2.75, 3.05) is 13.1 Å². The standard InChI is InChI=1S/C18H29N3O2S/c1-18(2,3)17(23)20-11-6-9-15(22)19-12-10-16-21-13-7-4-5-8-14(13)24-16/h4-12H2,1-3H3,(H,19,22)(H,20,23). The average molecular weight is 352 g/mol. The van der Waals surface area contributed by atoms with Crippen LogP contribution in [0.4, 0.5) is 0 Å². The summed E-state index contributed by atoms with van der Waals surface area (Å²) in [6.07, 6.45) is 6.72. The lowest BCUT2D eigenvalue weighted by Crippen LogP contribution is -2.35. The lowest BCUT2D eigenvalue weighted by Gasteiger charge is -2.17. The third-order valence-electron chi connectivity index (χ3n) is 4.10. The van der Waals surface area contributed by atoms with E-state index in [0.29, 0.717) is 25.9 Å². The van der Waals surface area contributed by atoms with Crippen LogP contribution < -0.4 is 10.6 Å². The number of hydrogen-bond acceptors (Lipinski definition) is 4. The van der Waals surface area contributed by atoms with Crippen LogP contribution in [-0.2, 0) is 28.9 Å². The maximum Gasteiger partial charge on any atom is 0.225 e. The van der Waals surface area contributed by atoms with Crippen molar-refractivity contribution in [1.29, 1.82) is 0 Å². The van der Waals surface area contributed by atoms with E-state index in [4.69, 9.17) is 0 Å². The Labute approximate surface area is 148 Å². The molecule has 1 heterocycles. The highest BCUT2D eigenvalue weighted by molar-refractivity contribution is 7.11. The van der Waals surface area contributed by atoms with Crippen LogP contribution in [0, 0.1) is 5.41 Å². The van der Waals surface area contributed by atoms with Gasteiger partial charge in [0.2, 0.25) is 11.8 Å². The third-order valence-corrected chi connectivity index (χ3v) is 5.32. The van der Waals surface area contributed by atoms with Gasteiger partial charge in [-0.3, -0.25) is 9.59 Å². The molecular weight excluding hydrogens is 322 g/mol. The number of amides is 2. The van der Waals surface area contributed by atoms with Crippen LogP contribution >= 0.6 is 11.3 Å². The number of rotatable bonds is 7. The monoisotopic (exact) mass is 351 g/mol. The van der Waals surface area contributed by atoms with Gasteiger partial charge in [-0.25, -0.2) is 4.98 Å². The quantitative estimate of drug-likeness (QED) is 0.742. The van der Waals surface area contributed by atoms with E-state index in [-0.39, 0.29) is 17.2 Å². The largest absolute Gasteiger partial charge is 0.356 e. The molecule has 2 rings (SSSR count). The fraction of sp³-hybridized carbons (Fsp3) is 0.722. The minimum Gasteiger partial charge on any atom is -0.356 e. The van der Waals surface area contributed by atoms with Crippen LogP contribution in [0.3, 0.4) is 0 Å². The predicted octanol–water partition coefficient (Wildman–Crippen LogP) is 2.62. The Hall–Kier alpha value is -1.43. The lowest BCUT2D eigenvalue weighted by molar-refractivity contribution is -0.128. The number of hydrogen-bond donors (Lipinski definition) is 2. The first kappa shape index (κ1) is 18.9. The summed E-state index contributed by atoms with van der Waals surface area (Å²) in [6, 6.07) is 0. The highest BCUT2D eigenvalue weighted by atomic mass is 32.1. The van der Waals surface area contributed by atoms with Crippen LogP contribution in [-0.4, -0.2) is 29.9 Å². The van der Waals surface area contributed by atoms with Crippen LogP contribution in [0.2, 0.25) is 0 Å². The smallest absolute Gasteiger partial charge is 0.225 e. The lowest BCUT2D eigenvalue weighted by atomic mass is 9.96. The van der Waals surface area contributed by atoms with E-state index in [1.54, 1.807) is 11.3 Å². The fourth-order valence-electron chi connectivity index (χ4n) is 2.63. The molecule has 0 fully saturated rings. The molecule has 0 radical (unpaired) electrons. The first-order valence-corrected chi connectivity index (χ1v) is 9.70. The van der Waals surface area contributed by atoms with Gasteiger partial charge in [0, 0.05) is 36.2 Å². The highest BCUT2D eigenvalue weighted by Crippen LogP contribution is 2.26. The summed E-state index contributed by atoms with van der Waals surface area (Å²) in [7, 11) is 0. The zero-order valence-corrected chi connectivity index (χ0v) is 15.9. The normalized spacial score (nSPS) is 14.1. The Balaban J connectivity index is 1.58. The maximum atomic E-state index is 11.8. The highest BCUT2D eigenvalue weighted by Gasteiger charge is 2.20. The van der Waals surface area contributed by atoms with Gasteiger partial charge in [0.15, 0.2) is 0 Å². The number of carbonyl (C=O) groups excluding carboxylic acids is 2. The summed E-state index contributed by atoms with van der Waals surface area (Å²) in [6.45, 7) is 6.82. The summed E-state index contributed by atoms with van der Waals surface area (Å²) >= 11 is 1.80. The van der Waals surface area contributed by atoms with Gasteiger partial charge in [0.25, 0.3) is 0 Å². The molecule has 0 saturated heterocycles. The molecule has 0 bridgehead atoms. The van der Waals surface area contributed by atoms with Crippen LogP contribution in [0.25, 0.3) is 0 Å². The molecule has 1 aromatic rings. The Morgan fingerprint density at radius 1 is 1.12 bits per heavy atom. The van der Waals surface area contributed by atoms with E-state index < -0.39 is 0 Å². The van der Waals surface area contributed by atoms with Gasteiger partial charge in [-0.05, 0) is 32.1 Å². The summed E-state index contributed by atoms with van der Waals surface area (Å²) in [5.74, 6) is 0.0666. The average Bonchev–Trinajstić information content (AvgIpc) is 2.93. The second kappa shape index (κ2) is 8.60. The van der Waals surface area contributed by atoms with Crippen LogP contribution in [0.5, 0.6) is 0 Å². The van der Waals surface area contributed by atoms with Gasteiger partial charge in [-0.2, -0.15) is 0 Å². The number of aromatic nitrogens is 1. The molecule has 24 heavy (non-hydrogen) atoms. The molecule has 0 aliphatic heterocycles. The first-order chi connectivity index (χ1) is 11.4. The topological polar surface area (TPSA) is 71.1 Å². The van der Waals surface area contributed by atoms with Crippen LogP contribution in [0.1, 0.15) is 62.0 Å². The molecule has 1 aliphatic rings. The van der Waals surface area contributed by atoms with Crippen molar-refractivity contribution >= 4 is 23.2 Å². The number of carbonyl (C=O) groups is 2. The summed E-state index contributed by atoms with van der Waals surface area (Å²) < 4.78 is 0. The Kier molecular flexibility index (Phi) is 6.78. The van der Waals surface area contributed by atoms with E-state index in [9.17, 15) is 9.59 Å². The van der Waals surface area contributed by atoms with Gasteiger partial charge in [-0.1, -0.05) is 20.8 Å². The summed E-state index contributed by atoms with van der Waals surface area (Å²) in [5.41, 5.74) is 0.900. The van der Waals surface area contributed by atoms with E-state index in [1.807, 2.05) is 20.8 Å². The molecule has 0 saturated carbocycles. The van der Waals surface area contributed by atoms with E-state index >= 15 is 0 Å². The second-order valence-electron chi connectivity index (χ2n) is 7.39. The molecule has 5 nitrogen and oxygen atoms in total. The SMILES string of the molecule is CC(C)(C)C(=O)NCCCC(=O)NCCc1nc2c(s1)CCCC2. The maximum absolute atomic E-state index is 11.8. The summed E-state index contributed by atoms with van der Waals surface area (Å²) in [4.78, 5) is 29.7. The van der Waals surface area contributed by atoms with Crippen molar-refractivity contribution in [3.63, 3.8) is 0 Å². The molecule has 0 unspecified atom stereocenters. The van der Waals surface area contributed by atoms with Gasteiger partial charge in [0.05, 0.1) is 10.7 Å². The van der Waals surface area contributed by atoms with Crippen molar-refractivity contribution in [2.24, 2.45) is 5.41 Å². The molecule has 6 heteroatoms. The van der Waals surface area contributed by atoms with Gasteiger partial charge in [0.1, 0.15) is 0 Å². The Morgan fingerprint density at radius 2 is 1.88 bits per heavy atom. The van der Waals surface area contributed by atoms with E-state index in [1.165, 1.54) is 29.8 Å². The van der Waals surface area contributed by atoms with Crippen molar-refractivity contribution in [3.8, 4) is 0 Å². The molecule has 0 atom stereocenters. The van der Waals surface area contributed by atoms with E-state index in [0.717, 1.165) is 17.8 Å². The van der Waals surface area contributed by atoms with Crippen molar-refractivity contribution in [1.82, 2.24) is 15.6 Å². The minimum absolute atomic E-state index is 0.0237. The van der Waals surface area contributed by atoms with Gasteiger partial charge < -0.3 is 10.6 Å². The number of fused-ring (bicyclic) bond motifs is 1. The number of thiazole rings is 1. The van der Waals surface area contributed by atoms with Crippen LogP contribution in [0.15, 0.2) is 0 Å². The molecule has 134 valence electrons. The molecule has 1 aliphatic carbocycles. The molecular formula is C18H29N3O2S. The molecule has 0 spiro atoms. The van der Waals surface area contributed by atoms with Crippen molar-refractivity contribution < 1.29 is 9.59 Å². The summed E-state index contributed by atoms with van der Waals surface area (Å²) in [5, 5.41) is 6.94. The zero-order chi connectivity index (χ0) is 17.6. The van der Waals surface area contributed by atoms with Crippen molar-refractivity contribution in [2.45, 2.75) is 65.7 Å². The molecule has 1 aromatic heterocycles. The second-order valence-corrected chi connectivity index (χ2v) is 8.56. The molecule has 2 N–H and O–H groups in total.